The number of nitrogens with zero attached hydrogens (tertiary/aromatic N) is 2. The third-order valence-corrected chi connectivity index (χ3v) is 6.97. The van der Waals surface area contributed by atoms with E-state index in [4.69, 9.17) is 16.3 Å². The summed E-state index contributed by atoms with van der Waals surface area (Å²) in [6.45, 7) is 0.396. The fraction of sp³-hybridized carbons (Fsp3) is 0.400. The van der Waals surface area contributed by atoms with Crippen LogP contribution in [0.5, 0.6) is 5.75 Å². The molecule has 2 aromatic rings. The van der Waals surface area contributed by atoms with Crippen molar-refractivity contribution in [3.05, 3.63) is 64.5 Å². The number of benzene rings is 1. The van der Waals surface area contributed by atoms with Crippen molar-refractivity contribution in [2.24, 2.45) is 5.92 Å². The van der Waals surface area contributed by atoms with Crippen molar-refractivity contribution in [2.75, 3.05) is 11.9 Å². The van der Waals surface area contributed by atoms with Crippen molar-refractivity contribution < 1.29 is 14.3 Å². The molecule has 6 nitrogen and oxygen atoms in total. The molecule has 1 atom stereocenters. The van der Waals surface area contributed by atoms with E-state index in [2.05, 4.69) is 10.3 Å². The van der Waals surface area contributed by atoms with Gasteiger partial charge in [-0.15, -0.1) is 0 Å². The van der Waals surface area contributed by atoms with Crippen LogP contribution in [0.3, 0.4) is 0 Å². The summed E-state index contributed by atoms with van der Waals surface area (Å²) in [5, 5.41) is 3.40. The van der Waals surface area contributed by atoms with Crippen molar-refractivity contribution in [1.82, 2.24) is 9.88 Å². The highest BCUT2D eigenvalue weighted by molar-refractivity contribution is 6.32. The molecule has 166 valence electrons. The Labute approximate surface area is 192 Å². The summed E-state index contributed by atoms with van der Waals surface area (Å²) in [6.07, 6.45) is 8.69. The predicted octanol–water partition coefficient (Wildman–Crippen LogP) is 4.74. The van der Waals surface area contributed by atoms with E-state index < -0.39 is 6.04 Å². The maximum atomic E-state index is 13.4. The molecule has 3 heterocycles. The molecule has 0 bridgehead atoms. The Kier molecular flexibility index (Phi) is 5.87. The molecular formula is C25H26ClN3O3. The summed E-state index contributed by atoms with van der Waals surface area (Å²) in [5.74, 6) is 1.36. The van der Waals surface area contributed by atoms with E-state index in [0.717, 1.165) is 24.0 Å². The maximum absolute atomic E-state index is 13.4. The van der Waals surface area contributed by atoms with E-state index in [9.17, 15) is 9.59 Å². The number of rotatable bonds is 5. The lowest BCUT2D eigenvalue weighted by Crippen LogP contribution is -2.47. The van der Waals surface area contributed by atoms with Crippen LogP contribution in [0.25, 0.3) is 0 Å². The van der Waals surface area contributed by atoms with Crippen molar-refractivity contribution in [1.29, 1.82) is 0 Å². The summed E-state index contributed by atoms with van der Waals surface area (Å²) in [7, 11) is 0. The second-order valence-corrected chi connectivity index (χ2v) is 9.24. The molecule has 2 amide bonds. The molecule has 1 saturated carbocycles. The van der Waals surface area contributed by atoms with Gasteiger partial charge in [-0.25, -0.2) is 4.98 Å². The van der Waals surface area contributed by atoms with E-state index >= 15 is 0 Å². The fourth-order valence-corrected chi connectivity index (χ4v) is 5.27. The molecule has 1 aliphatic carbocycles. The Hall–Kier alpha value is -2.86. The summed E-state index contributed by atoms with van der Waals surface area (Å²) in [4.78, 5) is 32.7. The van der Waals surface area contributed by atoms with Gasteiger partial charge in [0.2, 0.25) is 5.91 Å². The first-order chi connectivity index (χ1) is 15.6. The summed E-state index contributed by atoms with van der Waals surface area (Å²) in [6, 6.07) is 10.4. The highest BCUT2D eigenvalue weighted by atomic mass is 35.5. The van der Waals surface area contributed by atoms with E-state index in [0.29, 0.717) is 47.7 Å². The average Bonchev–Trinajstić information content (AvgIpc) is 3.13. The number of hydrogen-bond acceptors (Lipinski definition) is 4. The van der Waals surface area contributed by atoms with Crippen LogP contribution in [0, 0.1) is 5.92 Å². The second kappa shape index (κ2) is 8.94. The lowest BCUT2D eigenvalue weighted by molar-refractivity contribution is -0.135. The normalized spacial score (nSPS) is 19.3. The molecule has 5 rings (SSSR count). The van der Waals surface area contributed by atoms with Crippen molar-refractivity contribution >= 4 is 29.2 Å². The van der Waals surface area contributed by atoms with Gasteiger partial charge in [-0.1, -0.05) is 61.9 Å². The summed E-state index contributed by atoms with van der Waals surface area (Å²) >= 11 is 6.31. The first kappa shape index (κ1) is 21.0. The summed E-state index contributed by atoms with van der Waals surface area (Å²) in [5.41, 5.74) is 1.87. The van der Waals surface area contributed by atoms with Crippen LogP contribution in [-0.2, 0) is 16.0 Å². The van der Waals surface area contributed by atoms with Crippen molar-refractivity contribution in [3.63, 3.8) is 0 Å². The standard InChI is InChI=1S/C25H26ClN3O3/c26-19-10-6-9-17-14-18-15-29(25(31)23(18)32-22(17)19)20(13-16-7-2-1-3-8-16)24(30)28-21-11-4-5-12-27-21/h4-6,9-12,16,20H,1-3,7-8,13-15H2,(H,27,28,30)/t20-/m0/s1. The predicted molar refractivity (Wildman–Crippen MR) is 122 cm³/mol. The Bertz CT molecular complexity index is 1060. The van der Waals surface area contributed by atoms with Gasteiger partial charge in [0.25, 0.3) is 5.91 Å². The SMILES string of the molecule is O=C(Nc1ccccn1)[C@H](CC1CCCCC1)N1CC2=C(Oc3c(Cl)cccc3C2)C1=O. The number of hydrogen-bond donors (Lipinski definition) is 1. The number of carbonyl (C=O) groups is 2. The van der Waals surface area contributed by atoms with Gasteiger partial charge in [0.05, 0.1) is 5.02 Å². The first-order valence-corrected chi connectivity index (χ1v) is 11.7. The van der Waals surface area contributed by atoms with Gasteiger partial charge in [-0.3, -0.25) is 9.59 Å². The van der Waals surface area contributed by atoms with E-state index in [1.165, 1.54) is 19.3 Å². The molecule has 0 unspecified atom stereocenters. The Balaban J connectivity index is 1.38. The monoisotopic (exact) mass is 451 g/mol. The number of halogens is 1. The number of anilines is 1. The van der Waals surface area contributed by atoms with Crippen LogP contribution >= 0.6 is 11.6 Å². The van der Waals surface area contributed by atoms with Gasteiger partial charge < -0.3 is 15.0 Å². The highest BCUT2D eigenvalue weighted by Crippen LogP contribution is 2.40. The minimum atomic E-state index is -0.569. The fourth-order valence-electron chi connectivity index (χ4n) is 5.03. The molecule has 1 aromatic carbocycles. The minimum absolute atomic E-state index is 0.196. The van der Waals surface area contributed by atoms with Crippen LogP contribution in [-0.4, -0.2) is 34.3 Å². The number of aromatic nitrogens is 1. The molecule has 1 N–H and O–H groups in total. The van der Waals surface area contributed by atoms with Gasteiger partial charge >= 0.3 is 0 Å². The number of amides is 2. The van der Waals surface area contributed by atoms with Gasteiger partial charge in [0.15, 0.2) is 5.76 Å². The van der Waals surface area contributed by atoms with E-state index in [1.54, 1.807) is 29.3 Å². The quantitative estimate of drug-likeness (QED) is 0.712. The third kappa shape index (κ3) is 4.11. The molecule has 3 aliphatic rings. The van der Waals surface area contributed by atoms with Crippen LogP contribution < -0.4 is 10.1 Å². The minimum Gasteiger partial charge on any atom is -0.450 e. The molecular weight excluding hydrogens is 426 g/mol. The van der Waals surface area contributed by atoms with Crippen molar-refractivity contribution in [2.45, 2.75) is 51.0 Å². The smallest absolute Gasteiger partial charge is 0.290 e. The number of para-hydroxylation sites is 1. The highest BCUT2D eigenvalue weighted by Gasteiger charge is 2.42. The number of carbonyl (C=O) groups excluding carboxylic acids is 2. The zero-order valence-electron chi connectivity index (χ0n) is 17.9. The molecule has 1 aromatic heterocycles. The second-order valence-electron chi connectivity index (χ2n) is 8.83. The number of ether oxygens (including phenoxy) is 1. The lowest BCUT2D eigenvalue weighted by atomic mass is 9.84. The number of fused-ring (bicyclic) bond motifs is 1. The molecule has 0 radical (unpaired) electrons. The van der Waals surface area contributed by atoms with Gasteiger partial charge in [-0.05, 0) is 30.5 Å². The molecule has 0 saturated heterocycles. The van der Waals surface area contributed by atoms with Crippen LogP contribution in [0.15, 0.2) is 53.9 Å². The molecule has 2 aliphatic heterocycles. The zero-order valence-corrected chi connectivity index (χ0v) is 18.6. The zero-order chi connectivity index (χ0) is 22.1. The van der Waals surface area contributed by atoms with Crippen LogP contribution in [0.2, 0.25) is 5.02 Å². The average molecular weight is 452 g/mol. The Morgan fingerprint density at radius 3 is 2.81 bits per heavy atom. The Morgan fingerprint density at radius 2 is 2.03 bits per heavy atom. The number of pyridine rings is 1. The van der Waals surface area contributed by atoms with Gasteiger partial charge in [0.1, 0.15) is 17.6 Å². The summed E-state index contributed by atoms with van der Waals surface area (Å²) < 4.78 is 5.98. The number of nitrogens with one attached hydrogen (secondary N) is 1. The van der Waals surface area contributed by atoms with Crippen LogP contribution in [0.4, 0.5) is 5.82 Å². The molecule has 1 fully saturated rings. The lowest BCUT2D eigenvalue weighted by Gasteiger charge is -2.31. The molecule has 32 heavy (non-hydrogen) atoms. The Morgan fingerprint density at radius 1 is 1.19 bits per heavy atom. The van der Waals surface area contributed by atoms with E-state index in [1.807, 2.05) is 18.2 Å². The molecule has 0 spiro atoms. The largest absolute Gasteiger partial charge is 0.450 e. The molecule has 7 heteroatoms. The van der Waals surface area contributed by atoms with Crippen LogP contribution in [0.1, 0.15) is 44.1 Å². The van der Waals surface area contributed by atoms with Crippen molar-refractivity contribution in [3.8, 4) is 5.75 Å². The van der Waals surface area contributed by atoms with E-state index in [-0.39, 0.29) is 11.8 Å². The maximum Gasteiger partial charge on any atom is 0.290 e. The van der Waals surface area contributed by atoms with Gasteiger partial charge in [0, 0.05) is 30.3 Å². The first-order valence-electron chi connectivity index (χ1n) is 11.3. The third-order valence-electron chi connectivity index (χ3n) is 6.67. The topological polar surface area (TPSA) is 71.5 Å². The van der Waals surface area contributed by atoms with Gasteiger partial charge in [-0.2, -0.15) is 0 Å².